The zero-order valence-electron chi connectivity index (χ0n) is 17.2. The van der Waals surface area contributed by atoms with Crippen LogP contribution in [-0.4, -0.2) is 31.9 Å². The minimum absolute atomic E-state index is 0.122. The molecule has 0 bridgehead atoms. The number of hydrogen-bond donors (Lipinski definition) is 4. The van der Waals surface area contributed by atoms with E-state index in [9.17, 15) is 18.0 Å². The van der Waals surface area contributed by atoms with E-state index < -0.39 is 16.1 Å². The van der Waals surface area contributed by atoms with Crippen LogP contribution in [-0.2, 0) is 20.6 Å². The number of carbonyl (C=O) groups excluding carboxylic acids is 2. The molecule has 32 heavy (non-hydrogen) atoms. The fourth-order valence-electron chi connectivity index (χ4n) is 2.97. The highest BCUT2D eigenvalue weighted by Crippen LogP contribution is 2.25. The molecule has 9 heteroatoms. The van der Waals surface area contributed by atoms with Crippen molar-refractivity contribution in [2.24, 2.45) is 0 Å². The van der Waals surface area contributed by atoms with Gasteiger partial charge < -0.3 is 11.1 Å². The lowest BCUT2D eigenvalue weighted by atomic mass is 10.0. The summed E-state index contributed by atoms with van der Waals surface area (Å²) in [5, 5.41) is 2.69. The number of nitrogens with one attached hydrogen (secondary N) is 2. The summed E-state index contributed by atoms with van der Waals surface area (Å²) in [7, 11) is -3.79. The summed E-state index contributed by atoms with van der Waals surface area (Å²) in [5.74, 6) is -0.704. The quantitative estimate of drug-likeness (QED) is 0.283. The Balaban J connectivity index is 1.95. The number of sulfonamides is 1. The third-order valence-corrected chi connectivity index (χ3v) is 6.31. The number of quaternary nitrogens is 1. The van der Waals surface area contributed by atoms with Crippen molar-refractivity contribution in [3.8, 4) is 0 Å². The Morgan fingerprint density at radius 1 is 0.938 bits per heavy atom. The second-order valence-electron chi connectivity index (χ2n) is 7.17. The second kappa shape index (κ2) is 10.4. The largest absolute Gasteiger partial charge is 0.347 e. The van der Waals surface area contributed by atoms with Crippen molar-refractivity contribution >= 4 is 45.7 Å². The molecule has 0 aliphatic carbocycles. The first-order valence-corrected chi connectivity index (χ1v) is 12.1. The van der Waals surface area contributed by atoms with E-state index in [-0.39, 0.29) is 34.4 Å². The van der Waals surface area contributed by atoms with Crippen molar-refractivity contribution in [1.29, 1.82) is 0 Å². The molecule has 0 saturated heterocycles. The summed E-state index contributed by atoms with van der Waals surface area (Å²) in [5.41, 5.74) is 5.34. The zero-order chi connectivity index (χ0) is 23.1. The van der Waals surface area contributed by atoms with E-state index in [1.807, 2.05) is 0 Å². The maximum Gasteiger partial charge on any atom is 0.283 e. The van der Waals surface area contributed by atoms with Crippen LogP contribution in [0.5, 0.6) is 0 Å². The minimum atomic E-state index is -3.79. The highest BCUT2D eigenvalue weighted by molar-refractivity contribution is 7.91. The number of carbonyl (C=O) groups is 2. The number of hydrogen-bond acceptors (Lipinski definition) is 5. The monoisotopic (exact) mass is 470 g/mol. The van der Waals surface area contributed by atoms with Crippen molar-refractivity contribution in [1.82, 2.24) is 0 Å². The molecule has 0 aliphatic heterocycles. The molecule has 0 spiro atoms. The Labute approximate surface area is 192 Å². The van der Waals surface area contributed by atoms with E-state index in [1.165, 1.54) is 18.2 Å². The van der Waals surface area contributed by atoms with E-state index in [2.05, 4.69) is 28.4 Å². The standard InChI is InChI=1S/C23H23N3O4S2/c24-20(14-31)23(28)25-18-11-12-21(19(13-18)22(27)17-9-5-2-6-10-17)26-32(29,30)15-16-7-3-1-4-8-16/h1-13,20,26,31H,14-15,24H2,(H,25,28)/p+1/t20-/m0/s1. The highest BCUT2D eigenvalue weighted by atomic mass is 32.2. The molecule has 0 aliphatic rings. The first-order valence-electron chi connectivity index (χ1n) is 9.82. The first-order chi connectivity index (χ1) is 15.3. The number of thiol groups is 1. The summed E-state index contributed by atoms with van der Waals surface area (Å²) >= 11 is 4.07. The average molecular weight is 471 g/mol. The van der Waals surface area contributed by atoms with Gasteiger partial charge in [0.25, 0.3) is 5.91 Å². The van der Waals surface area contributed by atoms with E-state index in [4.69, 9.17) is 0 Å². The van der Waals surface area contributed by atoms with Gasteiger partial charge in [0.05, 0.1) is 17.2 Å². The number of amides is 1. The molecular weight excluding hydrogens is 446 g/mol. The summed E-state index contributed by atoms with van der Waals surface area (Å²) in [6.45, 7) is 0. The van der Waals surface area contributed by atoms with Gasteiger partial charge in [0.2, 0.25) is 10.0 Å². The molecule has 0 heterocycles. The van der Waals surface area contributed by atoms with Gasteiger partial charge in [-0.25, -0.2) is 8.42 Å². The lowest BCUT2D eigenvalue weighted by Gasteiger charge is -2.15. The van der Waals surface area contributed by atoms with Crippen LogP contribution in [0.4, 0.5) is 11.4 Å². The Bertz CT molecular complexity index is 1200. The van der Waals surface area contributed by atoms with E-state index in [0.29, 0.717) is 16.8 Å². The molecule has 1 amide bonds. The number of benzene rings is 3. The predicted octanol–water partition coefficient (Wildman–Crippen LogP) is 2.34. The lowest BCUT2D eigenvalue weighted by Crippen LogP contribution is -2.67. The summed E-state index contributed by atoms with van der Waals surface area (Å²) in [4.78, 5) is 25.4. The highest BCUT2D eigenvalue weighted by Gasteiger charge is 2.21. The Morgan fingerprint density at radius 2 is 1.56 bits per heavy atom. The van der Waals surface area contributed by atoms with Gasteiger partial charge in [-0.3, -0.25) is 14.3 Å². The van der Waals surface area contributed by atoms with Gasteiger partial charge in [0, 0.05) is 16.8 Å². The molecule has 0 unspecified atom stereocenters. The third-order valence-electron chi connectivity index (χ3n) is 4.62. The molecule has 0 aromatic heterocycles. The van der Waals surface area contributed by atoms with Gasteiger partial charge in [-0.15, -0.1) is 0 Å². The third kappa shape index (κ3) is 6.19. The van der Waals surface area contributed by atoms with Crippen molar-refractivity contribution in [2.45, 2.75) is 11.8 Å². The van der Waals surface area contributed by atoms with E-state index in [0.717, 1.165) is 0 Å². The predicted molar refractivity (Wildman–Crippen MR) is 128 cm³/mol. The minimum Gasteiger partial charge on any atom is -0.347 e. The van der Waals surface area contributed by atoms with Crippen molar-refractivity contribution < 1.29 is 23.7 Å². The van der Waals surface area contributed by atoms with Crippen molar-refractivity contribution in [3.63, 3.8) is 0 Å². The first kappa shape index (κ1) is 23.5. The summed E-state index contributed by atoms with van der Waals surface area (Å²) in [6, 6.07) is 21.1. The molecule has 7 nitrogen and oxygen atoms in total. The van der Waals surface area contributed by atoms with Crippen LogP contribution >= 0.6 is 12.6 Å². The Kier molecular flexibility index (Phi) is 7.68. The smallest absolute Gasteiger partial charge is 0.283 e. The normalized spacial score (nSPS) is 12.1. The molecular formula is C23H24N3O4S2+. The van der Waals surface area contributed by atoms with Gasteiger partial charge in [-0.2, -0.15) is 12.6 Å². The zero-order valence-corrected chi connectivity index (χ0v) is 18.9. The number of rotatable bonds is 9. The van der Waals surface area contributed by atoms with Crippen LogP contribution in [0.1, 0.15) is 21.5 Å². The lowest BCUT2D eigenvalue weighted by molar-refractivity contribution is -0.395. The van der Waals surface area contributed by atoms with Gasteiger partial charge in [-0.05, 0) is 23.8 Å². The molecule has 166 valence electrons. The Hall–Kier alpha value is -3.14. The van der Waals surface area contributed by atoms with Crippen LogP contribution in [0, 0.1) is 0 Å². The van der Waals surface area contributed by atoms with Crippen LogP contribution in [0.15, 0.2) is 78.9 Å². The molecule has 0 radical (unpaired) electrons. The molecule has 1 atom stereocenters. The molecule has 0 saturated carbocycles. The van der Waals surface area contributed by atoms with Crippen LogP contribution < -0.4 is 15.8 Å². The van der Waals surface area contributed by atoms with E-state index in [1.54, 1.807) is 60.7 Å². The van der Waals surface area contributed by atoms with Crippen molar-refractivity contribution in [2.75, 3.05) is 15.8 Å². The average Bonchev–Trinajstić information content (AvgIpc) is 2.79. The van der Waals surface area contributed by atoms with Crippen molar-refractivity contribution in [3.05, 3.63) is 95.6 Å². The fourth-order valence-corrected chi connectivity index (χ4v) is 4.35. The molecule has 3 aromatic carbocycles. The fraction of sp³-hybridized carbons (Fsp3) is 0.130. The van der Waals surface area contributed by atoms with E-state index >= 15 is 0 Å². The van der Waals surface area contributed by atoms with Gasteiger partial charge in [-0.1, -0.05) is 60.7 Å². The second-order valence-corrected chi connectivity index (χ2v) is 9.26. The molecule has 3 rings (SSSR count). The molecule has 3 aromatic rings. The molecule has 5 N–H and O–H groups in total. The van der Waals surface area contributed by atoms with Crippen LogP contribution in [0.2, 0.25) is 0 Å². The maximum absolute atomic E-state index is 13.2. The Morgan fingerprint density at radius 3 is 2.19 bits per heavy atom. The SMILES string of the molecule is [NH3+][C@@H](CS)C(=O)Nc1ccc(NS(=O)(=O)Cc2ccccc2)c(C(=O)c2ccccc2)c1. The summed E-state index contributed by atoms with van der Waals surface area (Å²) < 4.78 is 28.0. The van der Waals surface area contributed by atoms with Gasteiger partial charge >= 0.3 is 0 Å². The van der Waals surface area contributed by atoms with Gasteiger partial charge in [0.1, 0.15) is 0 Å². The maximum atomic E-state index is 13.2. The topological polar surface area (TPSA) is 120 Å². The molecule has 0 fully saturated rings. The number of anilines is 2. The van der Waals surface area contributed by atoms with Gasteiger partial charge in [0.15, 0.2) is 11.8 Å². The van der Waals surface area contributed by atoms with Crippen LogP contribution in [0.3, 0.4) is 0 Å². The van der Waals surface area contributed by atoms with Crippen LogP contribution in [0.25, 0.3) is 0 Å². The summed E-state index contributed by atoms with van der Waals surface area (Å²) in [6.07, 6.45) is 0. The number of ketones is 1.